The molecule has 0 N–H and O–H groups in total. The fourth-order valence-electron chi connectivity index (χ4n) is 6.66. The molecule has 4 unspecified atom stereocenters. The highest BCUT2D eigenvalue weighted by atomic mass is 15.2. The van der Waals surface area contributed by atoms with E-state index in [4.69, 9.17) is 0 Å². The van der Waals surface area contributed by atoms with Crippen molar-refractivity contribution in [3.05, 3.63) is 83.4 Å². The summed E-state index contributed by atoms with van der Waals surface area (Å²) < 4.78 is 0. The van der Waals surface area contributed by atoms with Crippen LogP contribution in [0.25, 0.3) is 0 Å². The Morgan fingerprint density at radius 2 is 1.76 bits per heavy atom. The van der Waals surface area contributed by atoms with Gasteiger partial charge in [0.25, 0.3) is 0 Å². The van der Waals surface area contributed by atoms with Crippen LogP contribution < -0.4 is 0 Å². The summed E-state index contributed by atoms with van der Waals surface area (Å²) >= 11 is 0. The first-order chi connectivity index (χ1) is 12.2. The van der Waals surface area contributed by atoms with Crippen molar-refractivity contribution < 1.29 is 0 Å². The molecule has 1 nitrogen and oxygen atoms in total. The number of benzene rings is 2. The third kappa shape index (κ3) is 1.68. The van der Waals surface area contributed by atoms with Gasteiger partial charge in [0.1, 0.15) is 0 Å². The second-order valence-electron chi connectivity index (χ2n) is 8.34. The minimum Gasteiger partial charge on any atom is -0.295 e. The van der Waals surface area contributed by atoms with Crippen LogP contribution in [-0.2, 0) is 10.8 Å². The van der Waals surface area contributed by atoms with E-state index in [0.717, 1.165) is 13.1 Å². The van der Waals surface area contributed by atoms with Gasteiger partial charge < -0.3 is 0 Å². The highest BCUT2D eigenvalue weighted by molar-refractivity contribution is 5.62. The number of hydrogen-bond donors (Lipinski definition) is 0. The maximum atomic E-state index is 4.01. The zero-order chi connectivity index (χ0) is 17.2. The van der Waals surface area contributed by atoms with Gasteiger partial charge in [-0.3, -0.25) is 4.90 Å². The van der Waals surface area contributed by atoms with Crippen LogP contribution in [-0.4, -0.2) is 24.0 Å². The molecule has 1 fully saturated rings. The van der Waals surface area contributed by atoms with Crippen LogP contribution in [0, 0.1) is 0 Å². The Balaban J connectivity index is 1.84. The maximum absolute atomic E-state index is 4.01. The van der Waals surface area contributed by atoms with E-state index in [9.17, 15) is 0 Å². The van der Waals surface area contributed by atoms with Crippen LogP contribution in [0.5, 0.6) is 0 Å². The summed E-state index contributed by atoms with van der Waals surface area (Å²) in [4.78, 5) is 2.66. The molecule has 1 heteroatoms. The molecule has 0 amide bonds. The lowest BCUT2D eigenvalue weighted by molar-refractivity contribution is 0.281. The molecule has 1 heterocycles. The van der Waals surface area contributed by atoms with E-state index in [-0.39, 0.29) is 10.8 Å². The molecular formula is C24H27N. The van der Waals surface area contributed by atoms with Crippen molar-refractivity contribution in [2.45, 2.75) is 49.5 Å². The second-order valence-corrected chi connectivity index (χ2v) is 8.34. The SMILES string of the molecule is C=CCN1CC23CC(CC)(c4ccccc4C2C1C)c1ccccc13. The van der Waals surface area contributed by atoms with Gasteiger partial charge in [0.2, 0.25) is 0 Å². The Kier molecular flexibility index (Phi) is 3.13. The largest absolute Gasteiger partial charge is 0.295 e. The Morgan fingerprint density at radius 1 is 1.08 bits per heavy atom. The molecule has 3 aliphatic rings. The van der Waals surface area contributed by atoms with E-state index in [1.807, 2.05) is 0 Å². The van der Waals surface area contributed by atoms with E-state index in [0.29, 0.717) is 12.0 Å². The summed E-state index contributed by atoms with van der Waals surface area (Å²) in [5.74, 6) is 0.590. The number of likely N-dealkylation sites (tertiary alicyclic amines) is 1. The van der Waals surface area contributed by atoms with Gasteiger partial charge in [0.15, 0.2) is 0 Å². The van der Waals surface area contributed by atoms with Crippen LogP contribution in [0.2, 0.25) is 0 Å². The predicted octanol–water partition coefficient (Wildman–Crippen LogP) is 5.01. The van der Waals surface area contributed by atoms with Crippen molar-refractivity contribution in [2.24, 2.45) is 0 Å². The van der Waals surface area contributed by atoms with Crippen molar-refractivity contribution in [3.8, 4) is 0 Å². The van der Waals surface area contributed by atoms with Crippen LogP contribution >= 0.6 is 0 Å². The molecule has 25 heavy (non-hydrogen) atoms. The third-order valence-electron chi connectivity index (χ3n) is 7.51. The zero-order valence-corrected chi connectivity index (χ0v) is 15.3. The molecule has 1 saturated heterocycles. The van der Waals surface area contributed by atoms with Gasteiger partial charge in [-0.25, -0.2) is 0 Å². The Labute approximate surface area is 151 Å². The van der Waals surface area contributed by atoms with Crippen molar-refractivity contribution in [1.82, 2.24) is 4.90 Å². The smallest absolute Gasteiger partial charge is 0.0215 e. The maximum Gasteiger partial charge on any atom is 0.0215 e. The van der Waals surface area contributed by atoms with Gasteiger partial charge in [0, 0.05) is 35.9 Å². The monoisotopic (exact) mass is 329 g/mol. The van der Waals surface area contributed by atoms with E-state index in [2.05, 4.69) is 79.9 Å². The summed E-state index contributed by atoms with van der Waals surface area (Å²) in [5.41, 5.74) is 6.88. The normalized spacial score (nSPS) is 35.1. The molecule has 0 saturated carbocycles. The first kappa shape index (κ1) is 15.4. The molecule has 0 radical (unpaired) electrons. The molecule has 2 aliphatic carbocycles. The molecule has 2 aromatic rings. The first-order valence-corrected chi connectivity index (χ1v) is 9.72. The van der Waals surface area contributed by atoms with Crippen LogP contribution in [0.15, 0.2) is 61.2 Å². The van der Waals surface area contributed by atoms with Gasteiger partial charge in [0.05, 0.1) is 0 Å². The third-order valence-corrected chi connectivity index (χ3v) is 7.51. The first-order valence-electron chi connectivity index (χ1n) is 9.72. The minimum atomic E-state index is 0.202. The van der Waals surface area contributed by atoms with E-state index < -0.39 is 0 Å². The lowest BCUT2D eigenvalue weighted by Gasteiger charge is -2.44. The number of hydrogen-bond acceptors (Lipinski definition) is 1. The lowest BCUT2D eigenvalue weighted by atomic mass is 9.58. The Morgan fingerprint density at radius 3 is 2.48 bits per heavy atom. The second kappa shape index (κ2) is 5.08. The summed E-state index contributed by atoms with van der Waals surface area (Å²) in [7, 11) is 0. The molecule has 128 valence electrons. The zero-order valence-electron chi connectivity index (χ0n) is 15.3. The van der Waals surface area contributed by atoms with Crippen LogP contribution in [0.3, 0.4) is 0 Å². The molecule has 0 aromatic heterocycles. The summed E-state index contributed by atoms with van der Waals surface area (Å²) in [6.07, 6.45) is 4.53. The van der Waals surface area contributed by atoms with Gasteiger partial charge in [-0.2, -0.15) is 0 Å². The summed E-state index contributed by atoms with van der Waals surface area (Å²) in [6, 6.07) is 19.2. The molecule has 1 spiro atoms. The molecule has 2 bridgehead atoms. The minimum absolute atomic E-state index is 0.202. The lowest BCUT2D eigenvalue weighted by Crippen LogP contribution is -2.41. The Bertz CT molecular complexity index is 853. The summed E-state index contributed by atoms with van der Waals surface area (Å²) in [6.45, 7) is 11.0. The van der Waals surface area contributed by atoms with E-state index in [1.165, 1.54) is 12.8 Å². The van der Waals surface area contributed by atoms with Gasteiger partial charge in [-0.15, -0.1) is 6.58 Å². The molecule has 2 aromatic carbocycles. The van der Waals surface area contributed by atoms with Crippen LogP contribution in [0.4, 0.5) is 0 Å². The molecular weight excluding hydrogens is 302 g/mol. The highest BCUT2D eigenvalue weighted by Gasteiger charge is 2.64. The van der Waals surface area contributed by atoms with Gasteiger partial charge in [-0.1, -0.05) is 61.5 Å². The Hall–Kier alpha value is -1.86. The molecule has 5 rings (SSSR count). The van der Waals surface area contributed by atoms with E-state index >= 15 is 0 Å². The number of rotatable bonds is 3. The van der Waals surface area contributed by atoms with Crippen molar-refractivity contribution in [1.29, 1.82) is 0 Å². The van der Waals surface area contributed by atoms with Crippen LogP contribution in [0.1, 0.15) is 54.9 Å². The number of fused-ring (bicyclic) bond motifs is 3. The highest BCUT2D eigenvalue weighted by Crippen LogP contribution is 2.67. The summed E-state index contributed by atoms with van der Waals surface area (Å²) in [5, 5.41) is 0. The van der Waals surface area contributed by atoms with Gasteiger partial charge in [-0.05, 0) is 42.0 Å². The topological polar surface area (TPSA) is 3.24 Å². The van der Waals surface area contributed by atoms with E-state index in [1.54, 1.807) is 22.3 Å². The van der Waals surface area contributed by atoms with Gasteiger partial charge >= 0.3 is 0 Å². The average molecular weight is 329 g/mol. The average Bonchev–Trinajstić information content (AvgIpc) is 3.07. The van der Waals surface area contributed by atoms with Crippen molar-refractivity contribution in [3.63, 3.8) is 0 Å². The number of nitrogens with zero attached hydrogens (tertiary/aromatic N) is 1. The fourth-order valence-corrected chi connectivity index (χ4v) is 6.66. The van der Waals surface area contributed by atoms with Crippen molar-refractivity contribution >= 4 is 0 Å². The predicted molar refractivity (Wildman–Crippen MR) is 104 cm³/mol. The van der Waals surface area contributed by atoms with Crippen molar-refractivity contribution in [2.75, 3.05) is 13.1 Å². The standard InChI is InChI=1S/C24H27N/c1-4-14-25-16-24-15-23(5-2,20-12-8-9-13-21(20)24)19-11-7-6-10-18(19)22(24)17(25)3/h4,6-13,17,22H,1,5,14-16H2,2-3H3. The molecule has 1 aliphatic heterocycles. The molecule has 4 atom stereocenters. The fraction of sp³-hybridized carbons (Fsp3) is 0.417. The quantitative estimate of drug-likeness (QED) is 0.715.